The monoisotopic (exact) mass is 297 g/mol. The molecule has 0 N–H and O–H groups in total. The molecule has 2 aliphatic rings. The molecule has 11 heavy (non-hydrogen) atoms. The quantitative estimate of drug-likeness (QED) is 0.676. The fourth-order valence-electron chi connectivity index (χ4n) is 1.02. The molecule has 2 nitrogen and oxygen atoms in total. The number of ether oxygens (including phenoxy) is 2. The first-order valence-corrected chi connectivity index (χ1v) is 4.15. The third-order valence-corrected chi connectivity index (χ3v) is 1.65. The van der Waals surface area contributed by atoms with Crippen molar-refractivity contribution in [1.82, 2.24) is 0 Å². The van der Waals surface area contributed by atoms with E-state index >= 15 is 0 Å². The van der Waals surface area contributed by atoms with Crippen LogP contribution in [0, 0.1) is 49.4 Å². The van der Waals surface area contributed by atoms with Crippen LogP contribution in [0.5, 0.6) is 0 Å². The molecular formula is C8H16EuO2. The third-order valence-electron chi connectivity index (χ3n) is 1.65. The Balaban J connectivity index is 0.000000167. The molecule has 0 aromatic rings. The van der Waals surface area contributed by atoms with Gasteiger partial charge in [0.1, 0.15) is 0 Å². The van der Waals surface area contributed by atoms with E-state index in [1.54, 1.807) is 0 Å². The SMILES string of the molecule is C1CCOC1.C1CCOC1.[Eu]. The van der Waals surface area contributed by atoms with E-state index in [1.165, 1.54) is 25.7 Å². The van der Waals surface area contributed by atoms with Gasteiger partial charge in [-0.1, -0.05) is 0 Å². The summed E-state index contributed by atoms with van der Waals surface area (Å²) in [6, 6.07) is 0. The van der Waals surface area contributed by atoms with Gasteiger partial charge in [-0.25, -0.2) is 0 Å². The molecule has 3 heteroatoms. The van der Waals surface area contributed by atoms with Crippen molar-refractivity contribution in [2.24, 2.45) is 0 Å². The van der Waals surface area contributed by atoms with Crippen molar-refractivity contribution in [3.63, 3.8) is 0 Å². The van der Waals surface area contributed by atoms with Crippen LogP contribution in [0.4, 0.5) is 0 Å². The molecule has 0 bridgehead atoms. The van der Waals surface area contributed by atoms with E-state index in [-0.39, 0.29) is 49.4 Å². The zero-order chi connectivity index (χ0) is 7.07. The molecule has 0 aromatic carbocycles. The van der Waals surface area contributed by atoms with Crippen molar-refractivity contribution in [2.45, 2.75) is 25.7 Å². The normalized spacial score (nSPS) is 21.8. The van der Waals surface area contributed by atoms with Gasteiger partial charge in [0.2, 0.25) is 0 Å². The zero-order valence-electron chi connectivity index (χ0n) is 6.85. The van der Waals surface area contributed by atoms with Gasteiger partial charge in [0.05, 0.1) is 0 Å². The maximum atomic E-state index is 4.94. The second-order valence-corrected chi connectivity index (χ2v) is 2.64. The van der Waals surface area contributed by atoms with Gasteiger partial charge in [-0.3, -0.25) is 0 Å². The fourth-order valence-corrected chi connectivity index (χ4v) is 1.02. The number of hydrogen-bond donors (Lipinski definition) is 0. The standard InChI is InChI=1S/2C4H8O.Eu/c2*1-2-4-5-3-1;/h2*1-4H2;. The summed E-state index contributed by atoms with van der Waals surface area (Å²) in [5.41, 5.74) is 0. The topological polar surface area (TPSA) is 18.5 Å². The van der Waals surface area contributed by atoms with Crippen molar-refractivity contribution in [1.29, 1.82) is 0 Å². The first-order valence-electron chi connectivity index (χ1n) is 4.15. The van der Waals surface area contributed by atoms with Crippen LogP contribution in [0.25, 0.3) is 0 Å². The molecule has 2 aliphatic heterocycles. The second kappa shape index (κ2) is 9.59. The Labute approximate surface area is 110 Å². The van der Waals surface area contributed by atoms with E-state index in [1.807, 2.05) is 0 Å². The first kappa shape index (κ1) is 12.5. The smallest absolute Gasteiger partial charge is 0.0466 e. The van der Waals surface area contributed by atoms with Gasteiger partial charge < -0.3 is 9.47 Å². The van der Waals surface area contributed by atoms with Gasteiger partial charge in [0.15, 0.2) is 0 Å². The summed E-state index contributed by atoms with van der Waals surface area (Å²) in [5.74, 6) is 0. The molecule has 2 rings (SSSR count). The molecule has 0 amide bonds. The minimum atomic E-state index is 0. The maximum Gasteiger partial charge on any atom is 0.0466 e. The van der Waals surface area contributed by atoms with Crippen LogP contribution in [-0.2, 0) is 9.47 Å². The minimum absolute atomic E-state index is 0. The maximum absolute atomic E-state index is 4.94. The minimum Gasteiger partial charge on any atom is -0.381 e. The van der Waals surface area contributed by atoms with Crippen molar-refractivity contribution in [3.05, 3.63) is 0 Å². The van der Waals surface area contributed by atoms with Crippen molar-refractivity contribution in [3.8, 4) is 0 Å². The molecule has 0 saturated carbocycles. The zero-order valence-corrected chi connectivity index (χ0v) is 9.28. The molecule has 1 radical (unpaired) electrons. The Morgan fingerprint density at radius 3 is 0.909 bits per heavy atom. The van der Waals surface area contributed by atoms with Crippen molar-refractivity contribution < 1.29 is 58.9 Å². The van der Waals surface area contributed by atoms with Crippen LogP contribution in [0.1, 0.15) is 25.7 Å². The summed E-state index contributed by atoms with van der Waals surface area (Å²) in [7, 11) is 0. The van der Waals surface area contributed by atoms with Crippen molar-refractivity contribution in [2.75, 3.05) is 26.4 Å². The number of hydrogen-bond acceptors (Lipinski definition) is 2. The molecule has 0 atom stereocenters. The summed E-state index contributed by atoms with van der Waals surface area (Å²) < 4.78 is 9.89. The summed E-state index contributed by atoms with van der Waals surface area (Å²) >= 11 is 0. The van der Waals surface area contributed by atoms with E-state index in [0.29, 0.717) is 0 Å². The van der Waals surface area contributed by atoms with Crippen molar-refractivity contribution >= 4 is 0 Å². The largest absolute Gasteiger partial charge is 0.381 e. The Morgan fingerprint density at radius 2 is 0.818 bits per heavy atom. The van der Waals surface area contributed by atoms with E-state index < -0.39 is 0 Å². The average Bonchev–Trinajstić information content (AvgIpc) is 2.67. The molecule has 2 fully saturated rings. The molecule has 2 heterocycles. The van der Waals surface area contributed by atoms with Crippen LogP contribution in [0.15, 0.2) is 0 Å². The van der Waals surface area contributed by atoms with Crippen LogP contribution in [-0.4, -0.2) is 26.4 Å². The van der Waals surface area contributed by atoms with Crippen LogP contribution in [0.2, 0.25) is 0 Å². The van der Waals surface area contributed by atoms with Gasteiger partial charge in [0, 0.05) is 75.8 Å². The van der Waals surface area contributed by atoms with E-state index in [9.17, 15) is 0 Å². The van der Waals surface area contributed by atoms with E-state index in [0.717, 1.165) is 26.4 Å². The number of rotatable bonds is 0. The van der Waals surface area contributed by atoms with Gasteiger partial charge in [-0.15, -0.1) is 0 Å². The molecular weight excluding hydrogens is 280 g/mol. The molecule has 0 aliphatic carbocycles. The van der Waals surface area contributed by atoms with Gasteiger partial charge in [-0.2, -0.15) is 0 Å². The van der Waals surface area contributed by atoms with Gasteiger partial charge in [-0.05, 0) is 25.7 Å². The Kier molecular flexibility index (Phi) is 10.9. The van der Waals surface area contributed by atoms with Crippen LogP contribution < -0.4 is 0 Å². The van der Waals surface area contributed by atoms with E-state index in [4.69, 9.17) is 9.47 Å². The Hall–Kier alpha value is 1.50. The average molecular weight is 296 g/mol. The molecule has 2 saturated heterocycles. The Morgan fingerprint density at radius 1 is 0.545 bits per heavy atom. The third kappa shape index (κ3) is 7.85. The molecule has 0 spiro atoms. The summed E-state index contributed by atoms with van der Waals surface area (Å²) in [5, 5.41) is 0. The first-order chi connectivity index (χ1) is 5.00. The predicted molar refractivity (Wildman–Crippen MR) is 40.1 cm³/mol. The summed E-state index contributed by atoms with van der Waals surface area (Å²) in [6.45, 7) is 4.00. The van der Waals surface area contributed by atoms with Gasteiger partial charge >= 0.3 is 0 Å². The molecule has 0 unspecified atom stereocenters. The Bertz CT molecular complexity index is 45.3. The van der Waals surface area contributed by atoms with E-state index in [2.05, 4.69) is 0 Å². The fraction of sp³-hybridized carbons (Fsp3) is 1.00. The molecule has 67 valence electrons. The summed E-state index contributed by atoms with van der Waals surface area (Å²) in [6.07, 6.45) is 5.11. The molecule has 0 aromatic heterocycles. The van der Waals surface area contributed by atoms with Gasteiger partial charge in [0.25, 0.3) is 0 Å². The second-order valence-electron chi connectivity index (χ2n) is 2.64. The predicted octanol–water partition coefficient (Wildman–Crippen LogP) is 1.59. The summed E-state index contributed by atoms with van der Waals surface area (Å²) in [4.78, 5) is 0. The van der Waals surface area contributed by atoms with Crippen LogP contribution >= 0.6 is 0 Å². The van der Waals surface area contributed by atoms with Crippen LogP contribution in [0.3, 0.4) is 0 Å².